The average molecular weight is 251 g/mol. The Morgan fingerprint density at radius 1 is 1.33 bits per heavy atom. The minimum Gasteiger partial charge on any atom is -0.488 e. The van der Waals surface area contributed by atoms with Gasteiger partial charge in [0.1, 0.15) is 11.4 Å². The first-order valence-electron chi connectivity index (χ1n) is 6.00. The molecule has 0 aliphatic carbocycles. The molecule has 1 aromatic carbocycles. The van der Waals surface area contributed by atoms with Gasteiger partial charge in [-0.1, -0.05) is 12.1 Å². The number of rotatable bonds is 4. The third-order valence-electron chi connectivity index (χ3n) is 2.19. The SMILES string of the molecule is COC(=O)NCCc1cccc(OC(C)(C)C)c1. The van der Waals surface area contributed by atoms with Gasteiger partial charge in [0, 0.05) is 6.54 Å². The van der Waals surface area contributed by atoms with Crippen LogP contribution in [0.4, 0.5) is 4.79 Å². The summed E-state index contributed by atoms with van der Waals surface area (Å²) in [6.07, 6.45) is 0.341. The lowest BCUT2D eigenvalue weighted by Crippen LogP contribution is -2.25. The van der Waals surface area contributed by atoms with E-state index in [0.717, 1.165) is 17.7 Å². The maximum atomic E-state index is 10.9. The van der Waals surface area contributed by atoms with Crippen molar-refractivity contribution in [3.63, 3.8) is 0 Å². The molecule has 0 unspecified atom stereocenters. The first-order chi connectivity index (χ1) is 8.40. The van der Waals surface area contributed by atoms with Gasteiger partial charge in [0.25, 0.3) is 0 Å². The summed E-state index contributed by atoms with van der Waals surface area (Å²) in [4.78, 5) is 10.9. The summed E-state index contributed by atoms with van der Waals surface area (Å²) in [6, 6.07) is 7.88. The monoisotopic (exact) mass is 251 g/mol. The molecule has 0 spiro atoms. The van der Waals surface area contributed by atoms with Gasteiger partial charge >= 0.3 is 6.09 Å². The molecule has 1 amide bonds. The Labute approximate surface area is 108 Å². The highest BCUT2D eigenvalue weighted by atomic mass is 16.5. The number of methoxy groups -OCH3 is 1. The summed E-state index contributed by atoms with van der Waals surface area (Å²) in [5.41, 5.74) is 0.913. The van der Waals surface area contributed by atoms with Crippen LogP contribution in [-0.2, 0) is 11.2 Å². The van der Waals surface area contributed by atoms with Gasteiger partial charge in [-0.3, -0.25) is 0 Å². The van der Waals surface area contributed by atoms with Gasteiger partial charge in [-0.15, -0.1) is 0 Å². The second-order valence-electron chi connectivity index (χ2n) is 5.03. The Morgan fingerprint density at radius 3 is 2.67 bits per heavy atom. The van der Waals surface area contributed by atoms with E-state index in [1.807, 2.05) is 45.0 Å². The number of hydrogen-bond acceptors (Lipinski definition) is 3. The number of benzene rings is 1. The van der Waals surface area contributed by atoms with E-state index in [4.69, 9.17) is 4.74 Å². The van der Waals surface area contributed by atoms with Crippen LogP contribution in [0.2, 0.25) is 0 Å². The van der Waals surface area contributed by atoms with Crippen molar-refractivity contribution in [1.29, 1.82) is 0 Å². The van der Waals surface area contributed by atoms with Gasteiger partial charge in [-0.2, -0.15) is 0 Å². The quantitative estimate of drug-likeness (QED) is 0.895. The molecule has 0 saturated carbocycles. The zero-order chi connectivity index (χ0) is 13.6. The lowest BCUT2D eigenvalue weighted by molar-refractivity contribution is 0.131. The minimum absolute atomic E-state index is 0.205. The van der Waals surface area contributed by atoms with Crippen molar-refractivity contribution >= 4 is 6.09 Å². The molecule has 0 atom stereocenters. The van der Waals surface area contributed by atoms with Crippen LogP contribution in [0, 0.1) is 0 Å². The molecule has 0 heterocycles. The summed E-state index contributed by atoms with van der Waals surface area (Å²) >= 11 is 0. The Morgan fingerprint density at radius 2 is 2.06 bits per heavy atom. The smallest absolute Gasteiger partial charge is 0.406 e. The second-order valence-corrected chi connectivity index (χ2v) is 5.03. The highest BCUT2D eigenvalue weighted by molar-refractivity contribution is 5.66. The fraction of sp³-hybridized carbons (Fsp3) is 0.500. The van der Waals surface area contributed by atoms with E-state index in [1.54, 1.807) is 0 Å². The molecule has 0 aliphatic heterocycles. The fourth-order valence-electron chi connectivity index (χ4n) is 1.50. The molecular weight excluding hydrogens is 230 g/mol. The highest BCUT2D eigenvalue weighted by Gasteiger charge is 2.11. The summed E-state index contributed by atoms with van der Waals surface area (Å²) in [6.45, 7) is 6.58. The van der Waals surface area contributed by atoms with E-state index in [1.165, 1.54) is 7.11 Å². The number of nitrogens with one attached hydrogen (secondary N) is 1. The van der Waals surface area contributed by atoms with Gasteiger partial charge in [-0.05, 0) is 44.9 Å². The highest BCUT2D eigenvalue weighted by Crippen LogP contribution is 2.19. The lowest BCUT2D eigenvalue weighted by Gasteiger charge is -2.21. The molecule has 1 aromatic rings. The first-order valence-corrected chi connectivity index (χ1v) is 6.00. The third kappa shape index (κ3) is 5.57. The van der Waals surface area contributed by atoms with Crippen LogP contribution < -0.4 is 10.1 Å². The van der Waals surface area contributed by atoms with Gasteiger partial charge in [0.05, 0.1) is 7.11 Å². The molecule has 0 bridgehead atoms. The van der Waals surface area contributed by atoms with Gasteiger partial charge < -0.3 is 14.8 Å². The van der Waals surface area contributed by atoms with Crippen LogP contribution in [0.1, 0.15) is 26.3 Å². The molecular formula is C14H21NO3. The Hall–Kier alpha value is -1.71. The van der Waals surface area contributed by atoms with Crippen molar-refractivity contribution in [2.24, 2.45) is 0 Å². The zero-order valence-corrected chi connectivity index (χ0v) is 11.4. The van der Waals surface area contributed by atoms with Crippen LogP contribution >= 0.6 is 0 Å². The van der Waals surface area contributed by atoms with Crippen molar-refractivity contribution in [2.75, 3.05) is 13.7 Å². The van der Waals surface area contributed by atoms with Crippen LogP contribution in [0.25, 0.3) is 0 Å². The predicted molar refractivity (Wildman–Crippen MR) is 70.9 cm³/mol. The van der Waals surface area contributed by atoms with E-state index >= 15 is 0 Å². The number of ether oxygens (including phenoxy) is 2. The molecule has 0 aromatic heterocycles. The molecule has 4 nitrogen and oxygen atoms in total. The first kappa shape index (κ1) is 14.4. The van der Waals surface area contributed by atoms with E-state index < -0.39 is 6.09 Å². The molecule has 1 N–H and O–H groups in total. The Kier molecular flexibility index (Phi) is 5.01. The molecule has 0 saturated heterocycles. The molecule has 0 fully saturated rings. The van der Waals surface area contributed by atoms with E-state index in [9.17, 15) is 4.79 Å². The number of carbonyl (C=O) groups excluding carboxylic acids is 1. The fourth-order valence-corrected chi connectivity index (χ4v) is 1.50. The zero-order valence-electron chi connectivity index (χ0n) is 11.4. The number of amides is 1. The van der Waals surface area contributed by atoms with Gasteiger partial charge in [0.15, 0.2) is 0 Å². The second kappa shape index (κ2) is 6.28. The largest absolute Gasteiger partial charge is 0.488 e. The molecule has 100 valence electrons. The molecule has 0 radical (unpaired) electrons. The van der Waals surface area contributed by atoms with Crippen molar-refractivity contribution < 1.29 is 14.3 Å². The van der Waals surface area contributed by atoms with E-state index in [2.05, 4.69) is 10.1 Å². The summed E-state index contributed by atoms with van der Waals surface area (Å²) < 4.78 is 10.3. The van der Waals surface area contributed by atoms with Crippen LogP contribution in [0.5, 0.6) is 5.75 Å². The minimum atomic E-state index is -0.405. The van der Waals surface area contributed by atoms with Crippen molar-refractivity contribution in [3.05, 3.63) is 29.8 Å². The average Bonchev–Trinajstić information content (AvgIpc) is 2.27. The standard InChI is InChI=1S/C14H21NO3/c1-14(2,3)18-12-7-5-6-11(10-12)8-9-15-13(16)17-4/h5-7,10H,8-9H2,1-4H3,(H,15,16). The lowest BCUT2D eigenvalue weighted by atomic mass is 10.1. The molecule has 1 rings (SSSR count). The van der Waals surface area contributed by atoms with Crippen molar-refractivity contribution in [3.8, 4) is 5.75 Å². The van der Waals surface area contributed by atoms with Crippen molar-refractivity contribution in [1.82, 2.24) is 5.32 Å². The maximum Gasteiger partial charge on any atom is 0.406 e. The van der Waals surface area contributed by atoms with Crippen LogP contribution in [-0.4, -0.2) is 25.3 Å². The summed E-state index contributed by atoms with van der Waals surface area (Å²) in [5.74, 6) is 0.845. The maximum absolute atomic E-state index is 10.9. The molecule has 18 heavy (non-hydrogen) atoms. The number of alkyl carbamates (subject to hydrolysis) is 1. The van der Waals surface area contributed by atoms with E-state index in [0.29, 0.717) is 6.54 Å². The van der Waals surface area contributed by atoms with E-state index in [-0.39, 0.29) is 5.60 Å². The van der Waals surface area contributed by atoms with Gasteiger partial charge in [-0.25, -0.2) is 4.79 Å². The Balaban J connectivity index is 2.52. The normalized spacial score (nSPS) is 10.9. The molecule has 0 aliphatic rings. The van der Waals surface area contributed by atoms with Gasteiger partial charge in [0.2, 0.25) is 0 Å². The summed E-state index contributed by atoms with van der Waals surface area (Å²) in [7, 11) is 1.35. The Bertz CT molecular complexity index is 396. The summed E-state index contributed by atoms with van der Waals surface area (Å²) in [5, 5.41) is 2.65. The van der Waals surface area contributed by atoms with Crippen LogP contribution in [0.15, 0.2) is 24.3 Å². The van der Waals surface area contributed by atoms with Crippen LogP contribution in [0.3, 0.4) is 0 Å². The number of hydrogen-bond donors (Lipinski definition) is 1. The van der Waals surface area contributed by atoms with Crippen molar-refractivity contribution in [2.45, 2.75) is 32.8 Å². The molecule has 4 heteroatoms. The topological polar surface area (TPSA) is 47.6 Å². The third-order valence-corrected chi connectivity index (χ3v) is 2.19. The predicted octanol–water partition coefficient (Wildman–Crippen LogP) is 2.76. The number of carbonyl (C=O) groups is 1.